The molecule has 0 aliphatic carbocycles. The van der Waals surface area contributed by atoms with E-state index < -0.39 is 34.5 Å². The Labute approximate surface area is 112 Å². The number of rotatable bonds is 3. The van der Waals surface area contributed by atoms with Gasteiger partial charge in [-0.3, -0.25) is 0 Å². The van der Waals surface area contributed by atoms with Crippen molar-refractivity contribution in [1.29, 1.82) is 0 Å². The number of methoxy groups -OCH3 is 1. The molecule has 0 saturated heterocycles. The zero-order valence-corrected chi connectivity index (χ0v) is 10.2. The van der Waals surface area contributed by atoms with Crippen molar-refractivity contribution in [3.8, 4) is 5.75 Å². The number of hydrogen-bond acceptors (Lipinski definition) is 1. The highest BCUT2D eigenvalue weighted by atomic mass is 19.2. The maximum Gasteiger partial charge on any atom is 0.204 e. The first-order valence-corrected chi connectivity index (χ1v) is 5.44. The summed E-state index contributed by atoms with van der Waals surface area (Å²) >= 11 is 0. The van der Waals surface area contributed by atoms with Crippen molar-refractivity contribution < 1.29 is 26.7 Å². The highest BCUT2D eigenvalue weighted by Crippen LogP contribution is 2.15. The summed E-state index contributed by atoms with van der Waals surface area (Å²) in [6.07, 6.45) is 0. The molecule has 0 unspecified atom stereocenters. The molecule has 0 aliphatic rings. The van der Waals surface area contributed by atoms with E-state index in [-0.39, 0.29) is 11.2 Å². The van der Waals surface area contributed by atoms with Crippen LogP contribution in [0.1, 0.15) is 0 Å². The van der Waals surface area contributed by atoms with E-state index in [9.17, 15) is 22.0 Å². The van der Waals surface area contributed by atoms with Gasteiger partial charge < -0.3 is 4.74 Å². The van der Waals surface area contributed by atoms with Crippen LogP contribution >= 0.6 is 0 Å². The Kier molecular flexibility index (Phi) is 3.97. The monoisotopic (exact) mass is 285 g/mol. The third-order valence-corrected chi connectivity index (χ3v) is 2.58. The van der Waals surface area contributed by atoms with Crippen molar-refractivity contribution in [2.75, 3.05) is 7.11 Å². The van der Waals surface area contributed by atoms with Gasteiger partial charge in [-0.05, 0) is 17.0 Å². The summed E-state index contributed by atoms with van der Waals surface area (Å²) in [5.74, 6) is -5.77. The molecule has 2 aromatic carbocycles. The summed E-state index contributed by atoms with van der Waals surface area (Å²) in [5, 5.41) is 0. The quantitative estimate of drug-likeness (QED) is 0.619. The lowest BCUT2D eigenvalue weighted by Gasteiger charge is -2.10. The molecule has 0 spiro atoms. The Balaban J connectivity index is 2.50. The molecule has 0 fully saturated rings. The summed E-state index contributed by atoms with van der Waals surface area (Å²) in [6.45, 7) is 0. The molecular formula is C13H7BF5O. The minimum atomic E-state index is -1.19. The molecule has 0 saturated carbocycles. The van der Waals surface area contributed by atoms with E-state index in [1.54, 1.807) is 0 Å². The Bertz CT molecular complexity index is 636. The van der Waals surface area contributed by atoms with Gasteiger partial charge in [-0.25, -0.2) is 22.0 Å². The van der Waals surface area contributed by atoms with Crippen molar-refractivity contribution in [3.63, 3.8) is 0 Å². The van der Waals surface area contributed by atoms with E-state index in [1.807, 2.05) is 0 Å². The van der Waals surface area contributed by atoms with Crippen LogP contribution in [0.4, 0.5) is 22.0 Å². The van der Waals surface area contributed by atoms with Crippen LogP contribution < -0.4 is 15.7 Å². The minimum Gasteiger partial charge on any atom is -0.494 e. The van der Waals surface area contributed by atoms with Gasteiger partial charge >= 0.3 is 0 Å². The average Bonchev–Trinajstić information content (AvgIpc) is 2.33. The molecule has 0 aliphatic heterocycles. The minimum absolute atomic E-state index is 0.200. The zero-order chi connectivity index (χ0) is 14.9. The van der Waals surface area contributed by atoms with Gasteiger partial charge in [0.15, 0.2) is 5.82 Å². The van der Waals surface area contributed by atoms with E-state index >= 15 is 0 Å². The molecule has 2 rings (SSSR count). The maximum atomic E-state index is 13.5. The van der Waals surface area contributed by atoms with Gasteiger partial charge in [0.1, 0.15) is 29.0 Å². The van der Waals surface area contributed by atoms with E-state index in [1.165, 1.54) is 0 Å². The molecule has 1 nitrogen and oxygen atoms in total. The van der Waals surface area contributed by atoms with E-state index in [2.05, 4.69) is 0 Å². The van der Waals surface area contributed by atoms with Crippen molar-refractivity contribution >= 4 is 18.2 Å². The van der Waals surface area contributed by atoms with Crippen LogP contribution in [-0.4, -0.2) is 14.4 Å². The molecule has 0 bridgehead atoms. The van der Waals surface area contributed by atoms with Crippen molar-refractivity contribution in [2.45, 2.75) is 0 Å². The average molecular weight is 285 g/mol. The highest BCUT2D eigenvalue weighted by Gasteiger charge is 2.18. The van der Waals surface area contributed by atoms with E-state index in [0.29, 0.717) is 18.2 Å². The largest absolute Gasteiger partial charge is 0.494 e. The van der Waals surface area contributed by atoms with Gasteiger partial charge in [-0.15, -0.1) is 0 Å². The lowest BCUT2D eigenvalue weighted by Crippen LogP contribution is -2.34. The molecule has 0 aromatic heterocycles. The Morgan fingerprint density at radius 3 is 1.85 bits per heavy atom. The second-order valence-electron chi connectivity index (χ2n) is 3.94. The molecule has 0 N–H and O–H groups in total. The van der Waals surface area contributed by atoms with Gasteiger partial charge in [0.2, 0.25) is 7.28 Å². The first kappa shape index (κ1) is 14.4. The van der Waals surface area contributed by atoms with Crippen molar-refractivity contribution in [3.05, 3.63) is 53.4 Å². The number of hydrogen-bond donors (Lipinski definition) is 0. The predicted molar refractivity (Wildman–Crippen MR) is 64.2 cm³/mol. The predicted octanol–water partition coefficient (Wildman–Crippen LogP) is 2.05. The Morgan fingerprint density at radius 1 is 0.800 bits per heavy atom. The molecule has 103 valence electrons. The molecular weight excluding hydrogens is 278 g/mol. The van der Waals surface area contributed by atoms with Gasteiger partial charge in [0, 0.05) is 18.2 Å². The zero-order valence-electron chi connectivity index (χ0n) is 10.2. The lowest BCUT2D eigenvalue weighted by molar-refractivity contribution is 0.388. The van der Waals surface area contributed by atoms with E-state index in [0.717, 1.165) is 20.5 Å². The van der Waals surface area contributed by atoms with Crippen LogP contribution in [0.5, 0.6) is 5.75 Å². The van der Waals surface area contributed by atoms with Gasteiger partial charge in [0.25, 0.3) is 0 Å². The van der Waals surface area contributed by atoms with Crippen LogP contribution in [0.15, 0.2) is 24.3 Å². The first-order chi connectivity index (χ1) is 9.42. The topological polar surface area (TPSA) is 9.23 Å². The summed E-state index contributed by atoms with van der Waals surface area (Å²) in [7, 11) is 1.97. The normalized spacial score (nSPS) is 10.5. The van der Waals surface area contributed by atoms with Gasteiger partial charge in [-0.2, -0.15) is 0 Å². The Morgan fingerprint density at radius 2 is 1.30 bits per heavy atom. The third-order valence-electron chi connectivity index (χ3n) is 2.58. The molecule has 7 heteroatoms. The molecule has 0 heterocycles. The molecule has 0 atom stereocenters. The number of halogens is 5. The summed E-state index contributed by atoms with van der Waals surface area (Å²) in [5.41, 5.74) is -0.816. The first-order valence-electron chi connectivity index (χ1n) is 5.44. The fourth-order valence-electron chi connectivity index (χ4n) is 1.75. The molecule has 20 heavy (non-hydrogen) atoms. The maximum absolute atomic E-state index is 13.5. The fourth-order valence-corrected chi connectivity index (χ4v) is 1.75. The Hall–Kier alpha value is -2.05. The lowest BCUT2D eigenvalue weighted by atomic mass is 9.63. The summed E-state index contributed by atoms with van der Waals surface area (Å²) in [6, 6.07) is 2.37. The SMILES string of the molecule is COc1c(F)cc(F)cc1[B]c1c(F)cc(F)cc1F. The van der Waals surface area contributed by atoms with Gasteiger partial charge in [-0.1, -0.05) is 0 Å². The van der Waals surface area contributed by atoms with Crippen LogP contribution in [0, 0.1) is 29.1 Å². The fraction of sp³-hybridized carbons (Fsp3) is 0.0769. The number of ether oxygens (including phenoxy) is 1. The van der Waals surface area contributed by atoms with Crippen LogP contribution in [-0.2, 0) is 0 Å². The summed E-state index contributed by atoms with van der Waals surface area (Å²) in [4.78, 5) is 0. The summed E-state index contributed by atoms with van der Waals surface area (Å²) < 4.78 is 71.1. The molecule has 0 amide bonds. The van der Waals surface area contributed by atoms with E-state index in [4.69, 9.17) is 4.74 Å². The highest BCUT2D eigenvalue weighted by molar-refractivity contribution is 6.68. The van der Waals surface area contributed by atoms with Gasteiger partial charge in [0.05, 0.1) is 7.11 Å². The molecule has 2 aromatic rings. The molecule has 1 radical (unpaired) electrons. The smallest absolute Gasteiger partial charge is 0.204 e. The third kappa shape index (κ3) is 2.76. The second kappa shape index (κ2) is 5.52. The van der Waals surface area contributed by atoms with Crippen molar-refractivity contribution in [1.82, 2.24) is 0 Å². The second-order valence-corrected chi connectivity index (χ2v) is 3.94. The standard InChI is InChI=1S/C13H7BF5O/c1-20-13-8(2-6(15)5-11(13)19)14-12-9(17)3-7(16)4-10(12)18/h2-5H,1H3. The van der Waals surface area contributed by atoms with Crippen LogP contribution in [0.25, 0.3) is 0 Å². The van der Waals surface area contributed by atoms with Crippen LogP contribution in [0.2, 0.25) is 0 Å². The number of benzene rings is 2. The van der Waals surface area contributed by atoms with Crippen molar-refractivity contribution in [2.24, 2.45) is 0 Å². The van der Waals surface area contributed by atoms with Crippen LogP contribution in [0.3, 0.4) is 0 Å².